The van der Waals surface area contributed by atoms with Crippen LogP contribution in [-0.2, 0) is 4.79 Å². The van der Waals surface area contributed by atoms with Gasteiger partial charge in [0.1, 0.15) is 5.52 Å². The fourth-order valence-corrected chi connectivity index (χ4v) is 3.80. The number of aliphatic carboxylic acids is 1. The Balaban J connectivity index is 1.87. The summed E-state index contributed by atoms with van der Waals surface area (Å²) in [4.78, 5) is 11.4. The molecule has 0 aliphatic carbocycles. The van der Waals surface area contributed by atoms with Gasteiger partial charge in [0.05, 0.1) is 22.8 Å². The van der Waals surface area contributed by atoms with Crippen molar-refractivity contribution < 1.29 is 15.0 Å². The molecular weight excluding hydrogens is 408 g/mol. The van der Waals surface area contributed by atoms with Crippen molar-refractivity contribution in [2.75, 3.05) is 5.01 Å². The summed E-state index contributed by atoms with van der Waals surface area (Å²) in [7, 11) is 0. The van der Waals surface area contributed by atoms with Gasteiger partial charge in [-0.2, -0.15) is 0 Å². The number of hydrogen-bond acceptors (Lipinski definition) is 6. The zero-order valence-electron chi connectivity index (χ0n) is 12.6. The van der Waals surface area contributed by atoms with Crippen molar-refractivity contribution in [3.8, 4) is 0 Å². The van der Waals surface area contributed by atoms with Gasteiger partial charge >= 0.3 is 5.97 Å². The van der Waals surface area contributed by atoms with Crippen molar-refractivity contribution in [1.29, 1.82) is 0 Å². The molecule has 4 rings (SSSR count). The van der Waals surface area contributed by atoms with Crippen molar-refractivity contribution in [2.45, 2.75) is 12.5 Å². The number of rotatable bonds is 3. The molecule has 0 spiro atoms. The zero-order chi connectivity index (χ0) is 17.6. The Morgan fingerprint density at radius 3 is 2.92 bits per heavy atom. The molecule has 0 bridgehead atoms. The summed E-state index contributed by atoms with van der Waals surface area (Å²) in [5, 5.41) is 29.5. The monoisotopic (exact) mass is 418 g/mol. The van der Waals surface area contributed by atoms with E-state index in [0.29, 0.717) is 22.3 Å². The van der Waals surface area contributed by atoms with E-state index in [0.717, 1.165) is 9.17 Å². The molecule has 0 amide bonds. The van der Waals surface area contributed by atoms with Crippen LogP contribution in [0.3, 0.4) is 0 Å². The largest absolute Gasteiger partial charge is 0.492 e. The van der Waals surface area contributed by atoms with E-state index in [2.05, 4.69) is 30.6 Å². The van der Waals surface area contributed by atoms with Gasteiger partial charge in [0.25, 0.3) is 0 Å². The number of benzene rings is 2. The van der Waals surface area contributed by atoms with Gasteiger partial charge in [-0.05, 0) is 53.5 Å². The minimum atomic E-state index is -0.950. The van der Waals surface area contributed by atoms with Crippen LogP contribution in [0.1, 0.15) is 23.6 Å². The molecule has 1 aliphatic rings. The number of anilines is 1. The summed E-state index contributed by atoms with van der Waals surface area (Å²) in [5.74, 6) is -1.10. The normalized spacial score (nSPS) is 16.6. The van der Waals surface area contributed by atoms with E-state index >= 15 is 0 Å². The van der Waals surface area contributed by atoms with E-state index in [-0.39, 0.29) is 12.3 Å². The molecular formula is C16H11BrN4O3S. The summed E-state index contributed by atoms with van der Waals surface area (Å²) in [5.41, 5.74) is 2.57. The fraction of sp³-hybridized carbons (Fsp3) is 0.125. The van der Waals surface area contributed by atoms with Gasteiger partial charge in [0.15, 0.2) is 0 Å². The van der Waals surface area contributed by atoms with E-state index in [1.54, 1.807) is 18.2 Å². The number of aliphatic hydroxyl groups is 1. The highest BCUT2D eigenvalue weighted by Gasteiger charge is 2.32. The summed E-state index contributed by atoms with van der Waals surface area (Å²) in [6.45, 7) is 0. The van der Waals surface area contributed by atoms with Crippen LogP contribution >= 0.6 is 27.5 Å². The first-order valence-corrected chi connectivity index (χ1v) is 8.90. The first-order valence-electron chi connectivity index (χ1n) is 7.33. The molecule has 0 saturated heterocycles. The second-order valence-electron chi connectivity index (χ2n) is 5.54. The highest BCUT2D eigenvalue weighted by molar-refractivity contribution is 9.10. The number of carboxylic acid groups (broad SMARTS) is 1. The first-order chi connectivity index (χ1) is 12.0. The van der Waals surface area contributed by atoms with Crippen molar-refractivity contribution in [2.24, 2.45) is 5.10 Å². The molecule has 2 aromatic carbocycles. The van der Waals surface area contributed by atoms with Crippen LogP contribution in [0, 0.1) is 0 Å². The predicted molar refractivity (Wildman–Crippen MR) is 98.2 cm³/mol. The molecule has 7 nitrogen and oxygen atoms in total. The average molecular weight is 419 g/mol. The first kappa shape index (κ1) is 16.0. The standard InChI is InChI=1S/C16H11BrN4O3S/c17-8-1-3-10-11(5-8)13(7-15(22)23)21(19-16(10)24)9-2-4-14-12(6-9)18-20-25-14/h1-6,13H,7H2,(H,19,24)(H,22,23). The molecule has 0 radical (unpaired) electrons. The maximum Gasteiger partial charge on any atom is 0.305 e. The number of hydrazone groups is 1. The Labute approximate surface area is 154 Å². The molecule has 9 heteroatoms. The van der Waals surface area contributed by atoms with Crippen LogP contribution in [0.4, 0.5) is 5.69 Å². The number of aliphatic hydroxyl groups excluding tert-OH is 1. The second-order valence-corrected chi connectivity index (χ2v) is 7.24. The maximum absolute atomic E-state index is 11.4. The van der Waals surface area contributed by atoms with Crippen molar-refractivity contribution in [3.05, 3.63) is 52.0 Å². The van der Waals surface area contributed by atoms with Crippen molar-refractivity contribution >= 4 is 55.2 Å². The Hall–Kier alpha value is -2.52. The molecule has 1 aromatic heterocycles. The van der Waals surface area contributed by atoms with Crippen molar-refractivity contribution in [3.63, 3.8) is 0 Å². The lowest BCUT2D eigenvalue weighted by Crippen LogP contribution is -2.32. The SMILES string of the molecule is O=C(O)CC1c2cc(Br)ccc2C(O)=NN1c1ccc2snnc2c1. The lowest BCUT2D eigenvalue weighted by atomic mass is 9.95. The van der Waals surface area contributed by atoms with E-state index in [4.69, 9.17) is 0 Å². The third kappa shape index (κ3) is 2.85. The Morgan fingerprint density at radius 1 is 1.28 bits per heavy atom. The quantitative estimate of drug-likeness (QED) is 0.672. The van der Waals surface area contributed by atoms with E-state index < -0.39 is 12.0 Å². The number of aromatic nitrogens is 2. The lowest BCUT2D eigenvalue weighted by Gasteiger charge is -2.33. The van der Waals surface area contributed by atoms with Gasteiger partial charge in [-0.25, -0.2) is 0 Å². The molecule has 0 fully saturated rings. The van der Waals surface area contributed by atoms with Gasteiger partial charge in [-0.15, -0.1) is 10.2 Å². The number of nitrogens with zero attached hydrogens (tertiary/aromatic N) is 4. The third-order valence-corrected chi connectivity index (χ3v) is 5.17. The van der Waals surface area contributed by atoms with Crippen LogP contribution in [0.15, 0.2) is 46.0 Å². The molecule has 0 saturated carbocycles. The molecule has 1 atom stereocenters. The maximum atomic E-state index is 11.4. The van der Waals surface area contributed by atoms with Crippen molar-refractivity contribution in [1.82, 2.24) is 9.59 Å². The molecule has 126 valence electrons. The van der Waals surface area contributed by atoms with Crippen LogP contribution in [0.5, 0.6) is 0 Å². The van der Waals surface area contributed by atoms with Crippen LogP contribution in [0.2, 0.25) is 0 Å². The highest BCUT2D eigenvalue weighted by atomic mass is 79.9. The number of carbonyl (C=O) groups is 1. The van der Waals surface area contributed by atoms with E-state index in [9.17, 15) is 15.0 Å². The molecule has 1 unspecified atom stereocenters. The Kier molecular flexibility index (Phi) is 3.89. The minimum Gasteiger partial charge on any atom is -0.492 e. The molecule has 2 N–H and O–H groups in total. The number of fused-ring (bicyclic) bond motifs is 2. The smallest absolute Gasteiger partial charge is 0.305 e. The second kappa shape index (κ2) is 6.08. The predicted octanol–water partition coefficient (Wildman–Crippen LogP) is 3.71. The van der Waals surface area contributed by atoms with E-state index in [1.807, 2.05) is 18.2 Å². The van der Waals surface area contributed by atoms with Gasteiger partial charge in [-0.3, -0.25) is 9.80 Å². The molecule has 3 aromatic rings. The van der Waals surface area contributed by atoms with Gasteiger partial charge in [-0.1, -0.05) is 20.4 Å². The van der Waals surface area contributed by atoms with Gasteiger partial charge in [0, 0.05) is 10.0 Å². The zero-order valence-corrected chi connectivity index (χ0v) is 15.0. The van der Waals surface area contributed by atoms with Crippen LogP contribution in [0.25, 0.3) is 10.2 Å². The summed E-state index contributed by atoms with van der Waals surface area (Å²) >= 11 is 4.68. The number of halogens is 1. The lowest BCUT2D eigenvalue weighted by molar-refractivity contribution is -0.137. The van der Waals surface area contributed by atoms with E-state index in [1.165, 1.54) is 16.5 Å². The summed E-state index contributed by atoms with van der Waals surface area (Å²) in [6.07, 6.45) is -0.159. The van der Waals surface area contributed by atoms with Gasteiger partial charge in [0.2, 0.25) is 5.90 Å². The molecule has 1 aliphatic heterocycles. The average Bonchev–Trinajstić information content (AvgIpc) is 3.04. The summed E-state index contributed by atoms with van der Waals surface area (Å²) in [6, 6.07) is 10.2. The highest BCUT2D eigenvalue weighted by Crippen LogP contribution is 2.38. The minimum absolute atomic E-state index is 0.152. The fourth-order valence-electron chi connectivity index (χ4n) is 2.88. The molecule has 25 heavy (non-hydrogen) atoms. The van der Waals surface area contributed by atoms with Crippen LogP contribution in [-0.4, -0.2) is 31.7 Å². The Morgan fingerprint density at radius 2 is 2.12 bits per heavy atom. The summed E-state index contributed by atoms with van der Waals surface area (Å²) < 4.78 is 5.63. The topological polar surface area (TPSA) is 98.9 Å². The van der Waals surface area contributed by atoms with Crippen LogP contribution < -0.4 is 5.01 Å². The van der Waals surface area contributed by atoms with Gasteiger partial charge < -0.3 is 10.2 Å². The Bertz CT molecular complexity index is 1020. The molecule has 2 heterocycles. The third-order valence-electron chi connectivity index (χ3n) is 3.97. The number of carboxylic acids is 1. The number of hydrogen-bond donors (Lipinski definition) is 2.